The lowest BCUT2D eigenvalue weighted by Gasteiger charge is -2.26. The molecule has 0 atom stereocenters. The number of allylic oxidation sites excluding steroid dienone is 1. The quantitative estimate of drug-likeness (QED) is 0.646. The summed E-state index contributed by atoms with van der Waals surface area (Å²) in [6.45, 7) is 8.26. The van der Waals surface area contributed by atoms with E-state index < -0.39 is 0 Å². The van der Waals surface area contributed by atoms with Gasteiger partial charge in [0.05, 0.1) is 0 Å². The van der Waals surface area contributed by atoms with E-state index in [1.54, 1.807) is 0 Å². The van der Waals surface area contributed by atoms with Crippen LogP contribution in [-0.4, -0.2) is 0 Å². The van der Waals surface area contributed by atoms with Gasteiger partial charge in [-0.1, -0.05) is 36.8 Å². The molecule has 0 amide bonds. The van der Waals surface area contributed by atoms with Crippen LogP contribution < -0.4 is 0 Å². The van der Waals surface area contributed by atoms with Crippen LogP contribution in [0.5, 0.6) is 0 Å². The van der Waals surface area contributed by atoms with Gasteiger partial charge in [0.1, 0.15) is 0 Å². The van der Waals surface area contributed by atoms with Crippen LogP contribution in [0.1, 0.15) is 48.8 Å². The van der Waals surface area contributed by atoms with E-state index >= 15 is 0 Å². The van der Waals surface area contributed by atoms with Crippen LogP contribution in [0.2, 0.25) is 0 Å². The lowest BCUT2D eigenvalue weighted by atomic mass is 9.79. The lowest BCUT2D eigenvalue weighted by molar-refractivity contribution is 0.419. The topological polar surface area (TPSA) is 0 Å². The molecular weight excluding hydrogens is 168 g/mol. The summed E-state index contributed by atoms with van der Waals surface area (Å²) >= 11 is 0. The van der Waals surface area contributed by atoms with Crippen LogP contribution in [0.3, 0.4) is 0 Å². The zero-order valence-corrected chi connectivity index (χ0v) is 9.14. The molecule has 1 aromatic carbocycles. The van der Waals surface area contributed by atoms with Crippen LogP contribution in [-0.2, 0) is 0 Å². The minimum absolute atomic E-state index is 0.841. The fourth-order valence-corrected chi connectivity index (χ4v) is 2.16. The zero-order valence-electron chi connectivity index (χ0n) is 9.14. The second-order valence-corrected chi connectivity index (χ2v) is 4.48. The highest BCUT2D eigenvalue weighted by Gasteiger charge is 2.19. The predicted octanol–water partition coefficient (Wildman–Crippen LogP) is 4.30. The highest BCUT2D eigenvalue weighted by Crippen LogP contribution is 2.37. The van der Waals surface area contributed by atoms with Crippen LogP contribution in [0.4, 0.5) is 0 Å². The molecular formula is C14H18. The first kappa shape index (κ1) is 9.51. The van der Waals surface area contributed by atoms with E-state index in [0.29, 0.717) is 0 Å². The molecule has 1 fully saturated rings. The summed E-state index contributed by atoms with van der Waals surface area (Å²) in [4.78, 5) is 0. The molecule has 0 aromatic heterocycles. The van der Waals surface area contributed by atoms with Crippen molar-refractivity contribution in [3.63, 3.8) is 0 Å². The molecule has 1 aliphatic carbocycles. The smallest absolute Gasteiger partial charge is 0.0162 e. The molecule has 14 heavy (non-hydrogen) atoms. The second kappa shape index (κ2) is 3.61. The van der Waals surface area contributed by atoms with Crippen molar-refractivity contribution in [2.45, 2.75) is 39.0 Å². The zero-order chi connectivity index (χ0) is 10.1. The maximum Gasteiger partial charge on any atom is -0.0162 e. The Labute approximate surface area is 86.7 Å². The van der Waals surface area contributed by atoms with Gasteiger partial charge in [-0.15, -0.1) is 0 Å². The van der Waals surface area contributed by atoms with Crippen molar-refractivity contribution in [2.75, 3.05) is 0 Å². The summed E-state index contributed by atoms with van der Waals surface area (Å²) in [7, 11) is 0. The fraction of sp³-hybridized carbons (Fsp3) is 0.429. The molecule has 0 heteroatoms. The van der Waals surface area contributed by atoms with Crippen LogP contribution >= 0.6 is 0 Å². The second-order valence-electron chi connectivity index (χ2n) is 4.48. The molecule has 0 heterocycles. The third-order valence-corrected chi connectivity index (χ3v) is 3.29. The predicted molar refractivity (Wildman–Crippen MR) is 62.5 cm³/mol. The van der Waals surface area contributed by atoms with Crippen molar-refractivity contribution >= 4 is 5.57 Å². The Morgan fingerprint density at radius 1 is 1.36 bits per heavy atom. The molecule has 0 radical (unpaired) electrons. The van der Waals surface area contributed by atoms with Crippen molar-refractivity contribution in [1.29, 1.82) is 0 Å². The first-order valence-electron chi connectivity index (χ1n) is 5.45. The number of hydrogen-bond donors (Lipinski definition) is 0. The highest BCUT2D eigenvalue weighted by molar-refractivity contribution is 5.64. The lowest BCUT2D eigenvalue weighted by Crippen LogP contribution is -2.08. The molecule has 1 aromatic rings. The molecule has 1 saturated carbocycles. The van der Waals surface area contributed by atoms with Gasteiger partial charge in [0.2, 0.25) is 0 Å². The third kappa shape index (κ3) is 1.61. The number of rotatable bonds is 2. The molecule has 0 bridgehead atoms. The van der Waals surface area contributed by atoms with E-state index in [2.05, 4.69) is 38.6 Å². The number of aryl methyl sites for hydroxylation is 1. The van der Waals surface area contributed by atoms with E-state index in [9.17, 15) is 0 Å². The Bertz CT molecular complexity index is 356. The number of benzene rings is 1. The van der Waals surface area contributed by atoms with E-state index in [0.717, 1.165) is 5.92 Å². The van der Waals surface area contributed by atoms with Gasteiger partial charge in [-0.25, -0.2) is 0 Å². The minimum atomic E-state index is 0.841. The summed E-state index contributed by atoms with van der Waals surface area (Å²) in [6.07, 6.45) is 4.17. The molecule has 0 nitrogen and oxygen atoms in total. The average Bonchev–Trinajstić information content (AvgIpc) is 2.00. The summed E-state index contributed by atoms with van der Waals surface area (Å²) in [5.41, 5.74) is 5.39. The Balaban J connectivity index is 2.30. The molecule has 0 saturated heterocycles. The first-order chi connectivity index (χ1) is 6.68. The van der Waals surface area contributed by atoms with Gasteiger partial charge in [-0.3, -0.25) is 0 Å². The van der Waals surface area contributed by atoms with Crippen molar-refractivity contribution in [2.24, 2.45) is 0 Å². The van der Waals surface area contributed by atoms with Gasteiger partial charge in [0.25, 0.3) is 0 Å². The SMILES string of the molecule is C=C(C)c1ccc(C2CCC2)cc1C. The maximum absolute atomic E-state index is 3.99. The molecule has 0 aliphatic heterocycles. The molecule has 1 aliphatic rings. The highest BCUT2D eigenvalue weighted by atomic mass is 14.2. The number of hydrogen-bond acceptors (Lipinski definition) is 0. The van der Waals surface area contributed by atoms with Gasteiger partial charge in [0.15, 0.2) is 0 Å². The fourth-order valence-electron chi connectivity index (χ4n) is 2.16. The van der Waals surface area contributed by atoms with Crippen molar-refractivity contribution in [3.8, 4) is 0 Å². The molecule has 0 spiro atoms. The summed E-state index contributed by atoms with van der Waals surface area (Å²) in [6, 6.07) is 6.85. The van der Waals surface area contributed by atoms with Crippen LogP contribution in [0, 0.1) is 6.92 Å². The van der Waals surface area contributed by atoms with Crippen molar-refractivity contribution in [3.05, 3.63) is 41.5 Å². The van der Waals surface area contributed by atoms with E-state index in [4.69, 9.17) is 0 Å². The average molecular weight is 186 g/mol. The van der Waals surface area contributed by atoms with Crippen LogP contribution in [0.25, 0.3) is 5.57 Å². The molecule has 0 N–H and O–H groups in total. The van der Waals surface area contributed by atoms with Gasteiger partial charge in [0, 0.05) is 0 Å². The van der Waals surface area contributed by atoms with E-state index in [1.807, 2.05) is 0 Å². The minimum Gasteiger partial charge on any atom is -0.0955 e. The summed E-state index contributed by atoms with van der Waals surface area (Å²) in [5.74, 6) is 0.841. The normalized spacial score (nSPS) is 16.4. The van der Waals surface area contributed by atoms with Gasteiger partial charge < -0.3 is 0 Å². The van der Waals surface area contributed by atoms with Crippen molar-refractivity contribution in [1.82, 2.24) is 0 Å². The Kier molecular flexibility index (Phi) is 2.45. The molecule has 0 unspecified atom stereocenters. The standard InChI is InChI=1S/C14H18/c1-10(2)14-8-7-13(9-11(14)3)12-5-4-6-12/h7-9,12H,1,4-6H2,2-3H3. The van der Waals surface area contributed by atoms with E-state index in [1.165, 1.54) is 41.5 Å². The van der Waals surface area contributed by atoms with Crippen LogP contribution in [0.15, 0.2) is 24.8 Å². The summed E-state index contributed by atoms with van der Waals surface area (Å²) in [5, 5.41) is 0. The summed E-state index contributed by atoms with van der Waals surface area (Å²) < 4.78 is 0. The van der Waals surface area contributed by atoms with Gasteiger partial charge >= 0.3 is 0 Å². The van der Waals surface area contributed by atoms with Crippen molar-refractivity contribution < 1.29 is 0 Å². The maximum atomic E-state index is 3.99. The Morgan fingerprint density at radius 3 is 2.50 bits per heavy atom. The van der Waals surface area contributed by atoms with E-state index in [-0.39, 0.29) is 0 Å². The Hall–Kier alpha value is -1.04. The van der Waals surface area contributed by atoms with Gasteiger partial charge in [-0.05, 0) is 49.3 Å². The Morgan fingerprint density at radius 2 is 2.07 bits per heavy atom. The first-order valence-corrected chi connectivity index (χ1v) is 5.45. The largest absolute Gasteiger partial charge is 0.0955 e. The third-order valence-electron chi connectivity index (χ3n) is 3.29. The molecule has 74 valence electrons. The molecule has 2 rings (SSSR count). The van der Waals surface area contributed by atoms with Gasteiger partial charge in [-0.2, -0.15) is 0 Å². The monoisotopic (exact) mass is 186 g/mol.